The van der Waals surface area contributed by atoms with Crippen LogP contribution in [0.1, 0.15) is 42.9 Å². The van der Waals surface area contributed by atoms with Crippen molar-refractivity contribution in [2.75, 3.05) is 7.11 Å². The lowest BCUT2D eigenvalue weighted by molar-refractivity contribution is -0.138. The van der Waals surface area contributed by atoms with Crippen molar-refractivity contribution >= 4 is 0 Å². The first-order valence-corrected chi connectivity index (χ1v) is 7.03. The van der Waals surface area contributed by atoms with Gasteiger partial charge in [0.15, 0.2) is 0 Å². The van der Waals surface area contributed by atoms with Crippen molar-refractivity contribution in [2.24, 2.45) is 11.7 Å². The minimum atomic E-state index is -4.53. The van der Waals surface area contributed by atoms with E-state index in [0.29, 0.717) is 0 Å². The van der Waals surface area contributed by atoms with Gasteiger partial charge in [0, 0.05) is 0 Å². The number of hydrogen-bond acceptors (Lipinski definition) is 3. The first-order valence-electron chi connectivity index (χ1n) is 7.03. The summed E-state index contributed by atoms with van der Waals surface area (Å²) in [4.78, 5) is 0. The van der Waals surface area contributed by atoms with E-state index in [4.69, 9.17) is 10.5 Å². The van der Waals surface area contributed by atoms with E-state index in [2.05, 4.69) is 0 Å². The summed E-state index contributed by atoms with van der Waals surface area (Å²) in [6.45, 7) is 0. The number of ether oxygens (including phenoxy) is 1. The highest BCUT2D eigenvalue weighted by Gasteiger charge is 2.38. The summed E-state index contributed by atoms with van der Waals surface area (Å²) in [6, 6.07) is 2.61. The largest absolute Gasteiger partial charge is 0.497 e. The number of benzene rings is 1. The Morgan fingerprint density at radius 3 is 2.43 bits per heavy atom. The van der Waals surface area contributed by atoms with E-state index in [9.17, 15) is 18.3 Å². The van der Waals surface area contributed by atoms with Gasteiger partial charge < -0.3 is 15.6 Å². The molecule has 21 heavy (non-hydrogen) atoms. The van der Waals surface area contributed by atoms with E-state index in [0.717, 1.165) is 31.7 Å². The molecule has 118 valence electrons. The highest BCUT2D eigenvalue weighted by molar-refractivity contribution is 5.39. The number of aliphatic hydroxyl groups excluding tert-OH is 1. The molecule has 0 unspecified atom stereocenters. The Kier molecular flexibility index (Phi) is 4.78. The Morgan fingerprint density at radius 1 is 1.29 bits per heavy atom. The van der Waals surface area contributed by atoms with Crippen molar-refractivity contribution in [3.8, 4) is 5.75 Å². The Bertz CT molecular complexity index is 484. The van der Waals surface area contributed by atoms with Crippen LogP contribution in [0.3, 0.4) is 0 Å². The summed E-state index contributed by atoms with van der Waals surface area (Å²) in [5, 5.41) is 10.3. The van der Waals surface area contributed by atoms with Crippen LogP contribution in [0.15, 0.2) is 18.2 Å². The molecule has 0 radical (unpaired) electrons. The van der Waals surface area contributed by atoms with E-state index in [-0.39, 0.29) is 17.2 Å². The molecule has 1 aromatic rings. The highest BCUT2D eigenvalue weighted by Crippen LogP contribution is 2.39. The third kappa shape index (κ3) is 3.49. The van der Waals surface area contributed by atoms with Crippen LogP contribution in [-0.2, 0) is 6.18 Å². The number of aliphatic hydroxyl groups is 1. The van der Waals surface area contributed by atoms with Crippen LogP contribution in [-0.4, -0.2) is 18.3 Å². The fourth-order valence-corrected chi connectivity index (χ4v) is 2.97. The molecule has 1 aromatic carbocycles. The smallest absolute Gasteiger partial charge is 0.416 e. The van der Waals surface area contributed by atoms with E-state index >= 15 is 0 Å². The monoisotopic (exact) mass is 303 g/mol. The Hall–Kier alpha value is -1.27. The van der Waals surface area contributed by atoms with Gasteiger partial charge in [0.25, 0.3) is 0 Å². The lowest BCUT2D eigenvalue weighted by Gasteiger charge is -2.27. The number of methoxy groups -OCH3 is 1. The number of nitrogens with two attached hydrogens (primary N) is 1. The normalized spacial score (nSPS) is 19.5. The van der Waals surface area contributed by atoms with Gasteiger partial charge in [0.05, 0.1) is 24.8 Å². The molecule has 2 atom stereocenters. The van der Waals surface area contributed by atoms with Crippen LogP contribution >= 0.6 is 0 Å². The van der Waals surface area contributed by atoms with Crippen LogP contribution < -0.4 is 10.5 Å². The molecule has 1 fully saturated rings. The summed E-state index contributed by atoms with van der Waals surface area (Å²) in [6.07, 6.45) is -1.89. The van der Waals surface area contributed by atoms with Gasteiger partial charge in [-0.1, -0.05) is 18.9 Å². The third-order valence-electron chi connectivity index (χ3n) is 4.18. The van der Waals surface area contributed by atoms with E-state index in [1.807, 2.05) is 0 Å². The zero-order chi connectivity index (χ0) is 15.6. The lowest BCUT2D eigenvalue weighted by atomic mass is 9.88. The van der Waals surface area contributed by atoms with E-state index in [1.165, 1.54) is 19.2 Å². The van der Waals surface area contributed by atoms with Gasteiger partial charge in [-0.2, -0.15) is 13.2 Å². The van der Waals surface area contributed by atoms with Gasteiger partial charge in [-0.25, -0.2) is 0 Å². The molecule has 0 heterocycles. The predicted molar refractivity (Wildman–Crippen MR) is 72.9 cm³/mol. The maximum absolute atomic E-state index is 13.2. The molecular weight excluding hydrogens is 283 g/mol. The molecule has 0 spiro atoms. The molecule has 1 aliphatic rings. The predicted octanol–water partition coefficient (Wildman–Crippen LogP) is 3.26. The van der Waals surface area contributed by atoms with Crippen molar-refractivity contribution in [1.29, 1.82) is 0 Å². The standard InChI is InChI=1S/C15H20F3NO2/c1-21-10-6-7-11(12(8-10)15(16,17)18)13(19)14(20)9-4-2-3-5-9/h6-9,13-14,20H,2-5,19H2,1H3/t13-,14+/m0/s1. The second kappa shape index (κ2) is 6.23. The zero-order valence-electron chi connectivity index (χ0n) is 11.9. The zero-order valence-corrected chi connectivity index (χ0v) is 11.9. The van der Waals surface area contributed by atoms with Gasteiger partial charge in [-0.3, -0.25) is 0 Å². The number of hydrogen-bond donors (Lipinski definition) is 2. The number of rotatable bonds is 4. The van der Waals surface area contributed by atoms with Gasteiger partial charge in [0.2, 0.25) is 0 Å². The van der Waals surface area contributed by atoms with Crippen molar-refractivity contribution in [2.45, 2.75) is 44.0 Å². The molecule has 0 amide bonds. The van der Waals surface area contributed by atoms with Gasteiger partial charge in [0.1, 0.15) is 5.75 Å². The molecule has 3 nitrogen and oxygen atoms in total. The van der Waals surface area contributed by atoms with Gasteiger partial charge in [-0.05, 0) is 36.5 Å². The van der Waals surface area contributed by atoms with Crippen LogP contribution in [0.25, 0.3) is 0 Å². The van der Waals surface area contributed by atoms with Crippen molar-refractivity contribution in [3.63, 3.8) is 0 Å². The molecule has 0 aliphatic heterocycles. The van der Waals surface area contributed by atoms with Gasteiger partial charge in [-0.15, -0.1) is 0 Å². The second-order valence-electron chi connectivity index (χ2n) is 5.51. The minimum absolute atomic E-state index is 0.0248. The molecule has 6 heteroatoms. The maximum Gasteiger partial charge on any atom is 0.416 e. The molecule has 1 aliphatic carbocycles. The van der Waals surface area contributed by atoms with E-state index < -0.39 is 23.9 Å². The SMILES string of the molecule is COc1ccc([C@H](N)[C@H](O)C2CCCC2)c(C(F)(F)F)c1. The fourth-order valence-electron chi connectivity index (χ4n) is 2.97. The summed E-state index contributed by atoms with van der Waals surface area (Å²) < 4.78 is 44.4. The summed E-state index contributed by atoms with van der Waals surface area (Å²) in [5.74, 6) is 0.0943. The second-order valence-corrected chi connectivity index (χ2v) is 5.51. The molecule has 2 rings (SSSR count). The number of alkyl halides is 3. The minimum Gasteiger partial charge on any atom is -0.497 e. The molecule has 0 saturated heterocycles. The average molecular weight is 303 g/mol. The maximum atomic E-state index is 13.2. The topological polar surface area (TPSA) is 55.5 Å². The quantitative estimate of drug-likeness (QED) is 0.897. The third-order valence-corrected chi connectivity index (χ3v) is 4.18. The van der Waals surface area contributed by atoms with Crippen LogP contribution in [0.5, 0.6) is 5.75 Å². The summed E-state index contributed by atoms with van der Waals surface area (Å²) in [7, 11) is 1.31. The average Bonchev–Trinajstić information content (AvgIpc) is 2.98. The van der Waals surface area contributed by atoms with E-state index in [1.54, 1.807) is 0 Å². The van der Waals surface area contributed by atoms with Crippen LogP contribution in [0.2, 0.25) is 0 Å². The lowest BCUT2D eigenvalue weighted by Crippen LogP contribution is -2.33. The molecule has 0 aromatic heterocycles. The molecule has 3 N–H and O–H groups in total. The Labute approximate surface area is 121 Å². The molecule has 0 bridgehead atoms. The first kappa shape index (κ1) is 16.1. The van der Waals surface area contributed by atoms with Gasteiger partial charge >= 0.3 is 6.18 Å². The highest BCUT2D eigenvalue weighted by atomic mass is 19.4. The van der Waals surface area contributed by atoms with Crippen molar-refractivity contribution in [1.82, 2.24) is 0 Å². The Balaban J connectivity index is 2.33. The summed E-state index contributed by atoms with van der Waals surface area (Å²) >= 11 is 0. The molecule has 1 saturated carbocycles. The Morgan fingerprint density at radius 2 is 1.90 bits per heavy atom. The summed E-state index contributed by atoms with van der Waals surface area (Å²) in [5.41, 5.74) is 4.99. The van der Waals surface area contributed by atoms with Crippen molar-refractivity contribution < 1.29 is 23.0 Å². The molecular formula is C15H20F3NO2. The van der Waals surface area contributed by atoms with Crippen molar-refractivity contribution in [3.05, 3.63) is 29.3 Å². The first-order chi connectivity index (χ1) is 9.84. The fraction of sp³-hybridized carbons (Fsp3) is 0.600. The van der Waals surface area contributed by atoms with Crippen LogP contribution in [0.4, 0.5) is 13.2 Å². The number of halogens is 3. The van der Waals surface area contributed by atoms with Crippen LogP contribution in [0, 0.1) is 5.92 Å².